The molecule has 0 aromatic rings. The first kappa shape index (κ1) is 5.10. The van der Waals surface area contributed by atoms with Crippen LogP contribution in [-0.4, -0.2) is 0 Å². The fraction of sp³-hybridized carbons (Fsp3) is 0.500. The quantitative estimate of drug-likeness (QED) is 0.547. The zero-order valence-electron chi connectivity index (χ0n) is 5.55. The fourth-order valence-corrected chi connectivity index (χ4v) is 1.30. The van der Waals surface area contributed by atoms with E-state index < -0.39 is 0 Å². The van der Waals surface area contributed by atoms with Gasteiger partial charge in [0.05, 0.1) is 0 Å². The highest BCUT2D eigenvalue weighted by atomic mass is 16.6. The molecule has 0 radical (unpaired) electrons. The van der Waals surface area contributed by atoms with Gasteiger partial charge in [-0.25, -0.2) is 0 Å². The first-order valence-corrected chi connectivity index (χ1v) is 3.52. The second kappa shape index (κ2) is 1.63. The molecule has 2 rings (SSSR count). The van der Waals surface area contributed by atoms with Crippen molar-refractivity contribution in [3.8, 4) is 0 Å². The Morgan fingerprint density at radius 3 is 3.00 bits per heavy atom. The van der Waals surface area contributed by atoms with Crippen LogP contribution in [-0.2, 0) is 4.74 Å². The van der Waals surface area contributed by atoms with Crippen LogP contribution in [0.5, 0.6) is 0 Å². The summed E-state index contributed by atoms with van der Waals surface area (Å²) < 4.78 is 5.16. The number of ether oxygens (including phenoxy) is 1. The summed E-state index contributed by atoms with van der Waals surface area (Å²) in [4.78, 5) is 0. The molecular formula is C8H10O. The zero-order chi connectivity index (χ0) is 6.27. The van der Waals surface area contributed by atoms with E-state index in [1.54, 1.807) is 0 Å². The number of allylic oxidation sites excluding steroid dienone is 2. The highest BCUT2D eigenvalue weighted by Crippen LogP contribution is 2.42. The van der Waals surface area contributed by atoms with Gasteiger partial charge in [-0.1, -0.05) is 19.4 Å². The minimum Gasteiger partial charge on any atom is -0.454 e. The van der Waals surface area contributed by atoms with Crippen LogP contribution in [0.2, 0.25) is 0 Å². The lowest BCUT2D eigenvalue weighted by Gasteiger charge is -2.01. The van der Waals surface area contributed by atoms with Gasteiger partial charge in [-0.15, -0.1) is 0 Å². The topological polar surface area (TPSA) is 12.5 Å². The lowest BCUT2D eigenvalue weighted by atomic mass is 10.1. The lowest BCUT2D eigenvalue weighted by molar-refractivity contribution is 0.416. The molecule has 48 valence electrons. The predicted molar refractivity (Wildman–Crippen MR) is 35.6 cm³/mol. The molecule has 0 aromatic carbocycles. The van der Waals surface area contributed by atoms with Crippen LogP contribution >= 0.6 is 0 Å². The normalized spacial score (nSPS) is 28.3. The summed E-state index contributed by atoms with van der Waals surface area (Å²) in [5.74, 6) is 3.00. The molecule has 2 aliphatic rings. The Morgan fingerprint density at radius 2 is 2.56 bits per heavy atom. The van der Waals surface area contributed by atoms with Crippen LogP contribution in [0.25, 0.3) is 0 Å². The third-order valence-electron chi connectivity index (χ3n) is 1.84. The summed E-state index contributed by atoms with van der Waals surface area (Å²) in [6, 6.07) is 0. The number of hydrogen-bond acceptors (Lipinski definition) is 1. The molecule has 1 heteroatoms. The monoisotopic (exact) mass is 122 g/mol. The van der Waals surface area contributed by atoms with Crippen molar-refractivity contribution in [1.82, 2.24) is 0 Å². The summed E-state index contributed by atoms with van der Waals surface area (Å²) in [6.07, 6.45) is 6.80. The van der Waals surface area contributed by atoms with Crippen molar-refractivity contribution >= 4 is 0 Å². The zero-order valence-corrected chi connectivity index (χ0v) is 5.55. The van der Waals surface area contributed by atoms with E-state index in [9.17, 15) is 0 Å². The van der Waals surface area contributed by atoms with E-state index in [1.165, 1.54) is 18.6 Å². The molecule has 0 bridgehead atoms. The summed E-state index contributed by atoms with van der Waals surface area (Å²) in [5.41, 5.74) is 0. The molecule has 0 amide bonds. The average molecular weight is 122 g/mol. The van der Waals surface area contributed by atoms with Gasteiger partial charge in [-0.3, -0.25) is 0 Å². The molecule has 1 nitrogen and oxygen atoms in total. The molecule has 0 fully saturated rings. The van der Waals surface area contributed by atoms with Crippen molar-refractivity contribution < 1.29 is 4.74 Å². The maximum atomic E-state index is 5.16. The Labute approximate surface area is 55.0 Å². The molecule has 0 aromatic heterocycles. The van der Waals surface area contributed by atoms with Crippen molar-refractivity contribution in [3.05, 3.63) is 23.7 Å². The Balaban J connectivity index is 2.01. The molecule has 0 saturated heterocycles. The van der Waals surface area contributed by atoms with Crippen molar-refractivity contribution in [1.29, 1.82) is 0 Å². The average Bonchev–Trinajstić information content (AvgIpc) is 2.54. The number of rotatable bonds is 2. The Kier molecular flexibility index (Phi) is 0.922. The molecule has 0 spiro atoms. The summed E-state index contributed by atoms with van der Waals surface area (Å²) in [7, 11) is 0. The van der Waals surface area contributed by atoms with E-state index in [0.717, 1.165) is 5.76 Å². The minimum absolute atomic E-state index is 0.630. The van der Waals surface area contributed by atoms with Gasteiger partial charge in [-0.05, 0) is 12.5 Å². The Morgan fingerprint density at radius 1 is 1.67 bits per heavy atom. The highest BCUT2D eigenvalue weighted by Gasteiger charge is 2.33. The van der Waals surface area contributed by atoms with Crippen molar-refractivity contribution in [2.24, 2.45) is 5.92 Å². The van der Waals surface area contributed by atoms with Crippen LogP contribution in [0.3, 0.4) is 0 Å². The van der Waals surface area contributed by atoms with Crippen LogP contribution in [0.1, 0.15) is 19.8 Å². The molecule has 0 N–H and O–H groups in total. The first-order valence-electron chi connectivity index (χ1n) is 3.52. The Bertz CT molecular complexity index is 189. The molecule has 0 saturated carbocycles. The third kappa shape index (κ3) is 0.680. The fourth-order valence-electron chi connectivity index (χ4n) is 1.30. The van der Waals surface area contributed by atoms with E-state index in [4.69, 9.17) is 4.74 Å². The predicted octanol–water partition coefficient (Wildman–Crippen LogP) is 2.21. The van der Waals surface area contributed by atoms with Crippen molar-refractivity contribution in [2.45, 2.75) is 19.8 Å². The van der Waals surface area contributed by atoms with Crippen molar-refractivity contribution in [3.63, 3.8) is 0 Å². The third-order valence-corrected chi connectivity index (χ3v) is 1.84. The van der Waals surface area contributed by atoms with Crippen LogP contribution in [0.4, 0.5) is 0 Å². The largest absolute Gasteiger partial charge is 0.454 e. The van der Waals surface area contributed by atoms with Gasteiger partial charge in [-0.2, -0.15) is 0 Å². The number of hydrogen-bond donors (Lipinski definition) is 0. The summed E-state index contributed by atoms with van der Waals surface area (Å²) in [6.45, 7) is 2.20. The van der Waals surface area contributed by atoms with Crippen molar-refractivity contribution in [2.75, 3.05) is 0 Å². The van der Waals surface area contributed by atoms with Gasteiger partial charge in [0.15, 0.2) is 11.5 Å². The molecule has 9 heavy (non-hydrogen) atoms. The standard InChI is InChI=1S/C8H10O/c1-2-3-6-4-5-7-8(6)9-7/h4-6H,2-3H2,1H3. The van der Waals surface area contributed by atoms with Gasteiger partial charge < -0.3 is 4.74 Å². The minimum atomic E-state index is 0.630. The van der Waals surface area contributed by atoms with Gasteiger partial charge in [0.2, 0.25) is 0 Å². The van der Waals surface area contributed by atoms with E-state index in [2.05, 4.69) is 19.1 Å². The maximum absolute atomic E-state index is 5.16. The van der Waals surface area contributed by atoms with E-state index in [0.29, 0.717) is 5.92 Å². The van der Waals surface area contributed by atoms with Crippen LogP contribution in [0, 0.1) is 5.92 Å². The van der Waals surface area contributed by atoms with Crippen LogP contribution in [0.15, 0.2) is 23.7 Å². The van der Waals surface area contributed by atoms with Gasteiger partial charge in [0, 0.05) is 5.92 Å². The molecule has 1 unspecified atom stereocenters. The lowest BCUT2D eigenvalue weighted by Crippen LogP contribution is -1.91. The second-order valence-electron chi connectivity index (χ2n) is 2.58. The van der Waals surface area contributed by atoms with E-state index >= 15 is 0 Å². The molecule has 1 heterocycles. The molecular weight excluding hydrogens is 112 g/mol. The molecule has 1 aliphatic carbocycles. The van der Waals surface area contributed by atoms with Crippen LogP contribution < -0.4 is 0 Å². The summed E-state index contributed by atoms with van der Waals surface area (Å²) in [5, 5.41) is 0. The van der Waals surface area contributed by atoms with E-state index in [-0.39, 0.29) is 0 Å². The smallest absolute Gasteiger partial charge is 0.165 e. The van der Waals surface area contributed by atoms with E-state index in [1.807, 2.05) is 0 Å². The summed E-state index contributed by atoms with van der Waals surface area (Å²) >= 11 is 0. The first-order chi connectivity index (χ1) is 4.42. The molecule has 1 aliphatic heterocycles. The molecule has 1 atom stereocenters. The maximum Gasteiger partial charge on any atom is 0.165 e. The second-order valence-corrected chi connectivity index (χ2v) is 2.58. The van der Waals surface area contributed by atoms with Gasteiger partial charge in [0.1, 0.15) is 0 Å². The SMILES string of the molecule is CCCC1C=CC2=C1O2. The van der Waals surface area contributed by atoms with Gasteiger partial charge in [0.25, 0.3) is 0 Å². The highest BCUT2D eigenvalue weighted by molar-refractivity contribution is 5.39. The Hall–Kier alpha value is -0.720. The van der Waals surface area contributed by atoms with Gasteiger partial charge >= 0.3 is 0 Å².